The summed E-state index contributed by atoms with van der Waals surface area (Å²) >= 11 is 3.45. The molecule has 0 bridgehead atoms. The molecule has 0 saturated carbocycles. The van der Waals surface area contributed by atoms with E-state index < -0.39 is 0 Å². The van der Waals surface area contributed by atoms with Gasteiger partial charge in [-0.3, -0.25) is 4.79 Å². The van der Waals surface area contributed by atoms with Gasteiger partial charge >= 0.3 is 0 Å². The second-order valence-corrected chi connectivity index (χ2v) is 10.5. The molecule has 3 aromatic rings. The largest absolute Gasteiger partial charge is 0.494 e. The molecule has 186 valence electrons. The van der Waals surface area contributed by atoms with Crippen molar-refractivity contribution in [2.45, 2.75) is 38.7 Å². The van der Waals surface area contributed by atoms with E-state index in [1.807, 2.05) is 72.8 Å². The molecule has 5 rings (SSSR count). The van der Waals surface area contributed by atoms with E-state index in [4.69, 9.17) is 9.47 Å². The van der Waals surface area contributed by atoms with Crippen molar-refractivity contribution in [3.8, 4) is 11.5 Å². The number of likely N-dealkylation sites (tertiary alicyclic amines) is 1. The van der Waals surface area contributed by atoms with Crippen LogP contribution in [0, 0.1) is 0 Å². The number of benzene rings is 3. The van der Waals surface area contributed by atoms with Gasteiger partial charge in [-0.15, -0.1) is 0 Å². The van der Waals surface area contributed by atoms with Crippen molar-refractivity contribution >= 4 is 27.8 Å². The van der Waals surface area contributed by atoms with E-state index in [0.29, 0.717) is 18.8 Å². The van der Waals surface area contributed by atoms with E-state index in [0.717, 1.165) is 57.6 Å². The highest BCUT2D eigenvalue weighted by Crippen LogP contribution is 2.31. The minimum atomic E-state index is 0.0807. The average molecular weight is 547 g/mol. The maximum Gasteiger partial charge on any atom is 0.189 e. The zero-order valence-corrected chi connectivity index (χ0v) is 22.1. The number of Topliss-reactive ketones (excluding diaryl/α,β-unsaturated/α-hetero) is 1. The van der Waals surface area contributed by atoms with Gasteiger partial charge in [-0.2, -0.15) is 0 Å². The number of nitrogens with zero attached hydrogens (tertiary/aromatic N) is 1. The molecule has 4 nitrogen and oxygen atoms in total. The first-order valence-corrected chi connectivity index (χ1v) is 13.6. The number of carbonyl (C=O) groups excluding carboxylic acids is 1. The molecule has 1 saturated heterocycles. The van der Waals surface area contributed by atoms with Crippen LogP contribution >= 0.6 is 15.9 Å². The van der Waals surface area contributed by atoms with Crippen molar-refractivity contribution in [1.82, 2.24) is 4.90 Å². The Morgan fingerprint density at radius 3 is 2.39 bits per heavy atom. The minimum Gasteiger partial charge on any atom is -0.494 e. The van der Waals surface area contributed by atoms with Crippen molar-refractivity contribution in [3.05, 3.63) is 99.0 Å². The SMILES string of the molecule is O=C1/C(=C/c2ccc(OCCCN3CCCCC3)cc2)Cc2ccc(OCc3ccc(Br)cc3)cc21. The normalized spacial score (nSPS) is 16.8. The third kappa shape index (κ3) is 6.45. The molecule has 0 spiro atoms. The third-order valence-electron chi connectivity index (χ3n) is 6.87. The predicted molar refractivity (Wildman–Crippen MR) is 148 cm³/mol. The van der Waals surface area contributed by atoms with E-state index in [1.54, 1.807) is 0 Å². The summed E-state index contributed by atoms with van der Waals surface area (Å²) in [5, 5.41) is 0. The second kappa shape index (κ2) is 11.9. The Morgan fingerprint density at radius 2 is 1.61 bits per heavy atom. The molecular weight excluding hydrogens is 514 g/mol. The lowest BCUT2D eigenvalue weighted by molar-refractivity contribution is 0.104. The Bertz CT molecular complexity index is 1210. The van der Waals surface area contributed by atoms with E-state index >= 15 is 0 Å². The van der Waals surface area contributed by atoms with Gasteiger partial charge in [-0.25, -0.2) is 0 Å². The van der Waals surface area contributed by atoms with Gasteiger partial charge in [-0.05, 0) is 91.5 Å². The average Bonchev–Trinajstić information content (AvgIpc) is 3.22. The van der Waals surface area contributed by atoms with Gasteiger partial charge in [0.25, 0.3) is 0 Å². The van der Waals surface area contributed by atoms with Crippen LogP contribution in [0.25, 0.3) is 6.08 Å². The van der Waals surface area contributed by atoms with E-state index in [9.17, 15) is 4.79 Å². The Morgan fingerprint density at radius 1 is 0.861 bits per heavy atom. The number of piperidine rings is 1. The van der Waals surface area contributed by atoms with Crippen LogP contribution in [-0.4, -0.2) is 36.9 Å². The van der Waals surface area contributed by atoms with Crippen molar-refractivity contribution in [3.63, 3.8) is 0 Å². The van der Waals surface area contributed by atoms with Gasteiger partial charge in [0.05, 0.1) is 6.61 Å². The molecule has 0 atom stereocenters. The van der Waals surface area contributed by atoms with Crippen LogP contribution in [0.15, 0.2) is 76.8 Å². The van der Waals surface area contributed by atoms with Crippen LogP contribution in [0.2, 0.25) is 0 Å². The van der Waals surface area contributed by atoms with Crippen molar-refractivity contribution < 1.29 is 14.3 Å². The topological polar surface area (TPSA) is 38.8 Å². The zero-order valence-electron chi connectivity index (χ0n) is 20.5. The number of fused-ring (bicyclic) bond motifs is 1. The fourth-order valence-corrected chi connectivity index (χ4v) is 5.12. The van der Waals surface area contributed by atoms with Crippen LogP contribution in [0.5, 0.6) is 11.5 Å². The van der Waals surface area contributed by atoms with E-state index in [-0.39, 0.29) is 5.78 Å². The molecule has 0 N–H and O–H groups in total. The summed E-state index contributed by atoms with van der Waals surface area (Å²) in [6.07, 6.45) is 7.71. The summed E-state index contributed by atoms with van der Waals surface area (Å²) in [6.45, 7) is 4.77. The number of rotatable bonds is 9. The number of hydrogen-bond acceptors (Lipinski definition) is 4. The molecule has 36 heavy (non-hydrogen) atoms. The first-order valence-electron chi connectivity index (χ1n) is 12.8. The number of ketones is 1. The third-order valence-corrected chi connectivity index (χ3v) is 7.40. The Hall–Kier alpha value is -2.89. The highest BCUT2D eigenvalue weighted by molar-refractivity contribution is 9.10. The summed E-state index contributed by atoms with van der Waals surface area (Å²) in [6, 6.07) is 21.9. The molecule has 1 heterocycles. The second-order valence-electron chi connectivity index (χ2n) is 9.58. The number of carbonyl (C=O) groups is 1. The number of hydrogen-bond donors (Lipinski definition) is 0. The van der Waals surface area contributed by atoms with Gasteiger partial charge in [-0.1, -0.05) is 52.7 Å². The van der Waals surface area contributed by atoms with Gasteiger partial charge in [0.1, 0.15) is 18.1 Å². The first-order chi connectivity index (χ1) is 17.6. The molecule has 1 fully saturated rings. The Kier molecular flexibility index (Phi) is 8.19. The fraction of sp³-hybridized carbons (Fsp3) is 0.323. The van der Waals surface area contributed by atoms with E-state index in [1.165, 1.54) is 32.4 Å². The summed E-state index contributed by atoms with van der Waals surface area (Å²) in [5.41, 5.74) is 4.70. The zero-order chi connectivity index (χ0) is 24.7. The Labute approximate surface area is 222 Å². The highest BCUT2D eigenvalue weighted by atomic mass is 79.9. The highest BCUT2D eigenvalue weighted by Gasteiger charge is 2.25. The quantitative estimate of drug-likeness (QED) is 0.212. The van der Waals surface area contributed by atoms with Crippen LogP contribution in [0.4, 0.5) is 0 Å². The number of allylic oxidation sites excluding steroid dienone is 1. The van der Waals surface area contributed by atoms with Crippen LogP contribution in [-0.2, 0) is 13.0 Å². The van der Waals surface area contributed by atoms with Crippen LogP contribution in [0.3, 0.4) is 0 Å². The monoisotopic (exact) mass is 545 g/mol. The maximum absolute atomic E-state index is 13.1. The minimum absolute atomic E-state index is 0.0807. The molecule has 5 heteroatoms. The fourth-order valence-electron chi connectivity index (χ4n) is 4.86. The smallest absolute Gasteiger partial charge is 0.189 e. The van der Waals surface area contributed by atoms with Crippen molar-refractivity contribution in [1.29, 1.82) is 0 Å². The molecule has 1 aliphatic carbocycles. The van der Waals surface area contributed by atoms with Crippen molar-refractivity contribution in [2.24, 2.45) is 0 Å². The van der Waals surface area contributed by atoms with Gasteiger partial charge < -0.3 is 14.4 Å². The van der Waals surface area contributed by atoms with Gasteiger partial charge in [0.15, 0.2) is 5.78 Å². The molecule has 2 aliphatic rings. The lowest BCUT2D eigenvalue weighted by atomic mass is 10.1. The van der Waals surface area contributed by atoms with Crippen LogP contribution in [0.1, 0.15) is 52.7 Å². The predicted octanol–water partition coefficient (Wildman–Crippen LogP) is 7.11. The van der Waals surface area contributed by atoms with Gasteiger partial charge in [0.2, 0.25) is 0 Å². The Balaban J connectivity index is 1.14. The summed E-state index contributed by atoms with van der Waals surface area (Å²) < 4.78 is 12.9. The number of ether oxygens (including phenoxy) is 2. The van der Waals surface area contributed by atoms with Crippen LogP contribution < -0.4 is 9.47 Å². The maximum atomic E-state index is 13.1. The summed E-state index contributed by atoms with van der Waals surface area (Å²) in [5.74, 6) is 1.68. The summed E-state index contributed by atoms with van der Waals surface area (Å²) in [4.78, 5) is 15.6. The lowest BCUT2D eigenvalue weighted by Gasteiger charge is -2.26. The van der Waals surface area contributed by atoms with Crippen molar-refractivity contribution in [2.75, 3.05) is 26.2 Å². The molecule has 1 aliphatic heterocycles. The van der Waals surface area contributed by atoms with E-state index in [2.05, 4.69) is 20.8 Å². The summed E-state index contributed by atoms with van der Waals surface area (Å²) in [7, 11) is 0. The first kappa shape index (κ1) is 24.8. The molecule has 0 unspecified atom stereocenters. The molecule has 0 amide bonds. The molecule has 0 radical (unpaired) electrons. The number of halogens is 1. The molecule has 0 aromatic heterocycles. The molecule has 3 aromatic carbocycles. The lowest BCUT2D eigenvalue weighted by Crippen LogP contribution is -2.31. The molecular formula is C31H32BrNO3. The standard InChI is InChI=1S/C31H32BrNO3/c32-27-10-5-24(6-11-27)22-36-29-14-9-25-20-26(31(34)30(25)21-29)19-23-7-12-28(13-8-23)35-18-4-17-33-15-2-1-3-16-33/h5-14,19,21H,1-4,15-18,20,22H2/b26-19+. The van der Waals surface area contributed by atoms with Gasteiger partial charge in [0, 0.05) is 28.6 Å².